The number of aryl methyl sites for hydroxylation is 1. The normalized spacial score (nSPS) is 10.4. The Labute approximate surface area is 120 Å². The first-order valence-corrected chi connectivity index (χ1v) is 7.62. The van der Waals surface area contributed by atoms with Gasteiger partial charge in [0.25, 0.3) is 0 Å². The zero-order chi connectivity index (χ0) is 13.8. The van der Waals surface area contributed by atoms with Gasteiger partial charge in [-0.1, -0.05) is 17.8 Å². The smallest absolute Gasteiger partial charge is 0.234 e. The van der Waals surface area contributed by atoms with Crippen LogP contribution in [0.5, 0.6) is 0 Å². The number of thioether (sulfide) groups is 1. The number of carbonyl (C=O) groups is 1. The highest BCUT2D eigenvalue weighted by Gasteiger charge is 2.08. The minimum Gasteiger partial charge on any atom is -0.398 e. The predicted molar refractivity (Wildman–Crippen MR) is 81.8 cm³/mol. The van der Waals surface area contributed by atoms with Crippen LogP contribution in [-0.2, 0) is 4.79 Å². The number of hydrogen-bond acceptors (Lipinski definition) is 5. The molecule has 0 saturated heterocycles. The summed E-state index contributed by atoms with van der Waals surface area (Å²) in [6.45, 7) is 3.83. The quantitative estimate of drug-likeness (QED) is 0.671. The molecule has 2 aromatic rings. The molecule has 0 atom stereocenters. The molecule has 0 aliphatic heterocycles. The molecule has 0 unspecified atom stereocenters. The average Bonchev–Trinajstić information content (AvgIpc) is 2.78. The van der Waals surface area contributed by atoms with E-state index in [1.165, 1.54) is 11.8 Å². The summed E-state index contributed by atoms with van der Waals surface area (Å²) in [5, 5.41) is 4.84. The molecule has 0 radical (unpaired) electrons. The van der Waals surface area contributed by atoms with Crippen LogP contribution in [0.25, 0.3) is 0 Å². The van der Waals surface area contributed by atoms with E-state index in [9.17, 15) is 4.79 Å². The second kappa shape index (κ2) is 6.08. The summed E-state index contributed by atoms with van der Waals surface area (Å²) in [7, 11) is 0. The maximum absolute atomic E-state index is 11.9. The molecule has 19 heavy (non-hydrogen) atoms. The molecule has 100 valence electrons. The van der Waals surface area contributed by atoms with E-state index in [0.29, 0.717) is 11.4 Å². The van der Waals surface area contributed by atoms with E-state index >= 15 is 0 Å². The second-order valence-electron chi connectivity index (χ2n) is 4.11. The van der Waals surface area contributed by atoms with Crippen molar-refractivity contribution in [3.05, 3.63) is 34.8 Å². The molecular formula is C13H15N3OS2. The summed E-state index contributed by atoms with van der Waals surface area (Å²) in [6, 6.07) is 5.50. The fraction of sp³-hybridized carbons (Fsp3) is 0.231. The van der Waals surface area contributed by atoms with Crippen LogP contribution in [0.2, 0.25) is 0 Å². The highest BCUT2D eigenvalue weighted by atomic mass is 32.2. The zero-order valence-electron chi connectivity index (χ0n) is 10.8. The van der Waals surface area contributed by atoms with Crippen molar-refractivity contribution in [3.8, 4) is 0 Å². The Balaban J connectivity index is 1.92. The predicted octanol–water partition coefficient (Wildman–Crippen LogP) is 3.07. The van der Waals surface area contributed by atoms with E-state index in [4.69, 9.17) is 5.73 Å². The van der Waals surface area contributed by atoms with Gasteiger partial charge in [0.05, 0.1) is 5.75 Å². The van der Waals surface area contributed by atoms with Crippen LogP contribution in [0.15, 0.2) is 27.9 Å². The number of amides is 1. The summed E-state index contributed by atoms with van der Waals surface area (Å²) >= 11 is 3.00. The molecule has 0 bridgehead atoms. The minimum absolute atomic E-state index is 0.0495. The third-order valence-corrected chi connectivity index (χ3v) is 4.71. The molecule has 0 spiro atoms. The first kappa shape index (κ1) is 13.9. The molecule has 0 fully saturated rings. The maximum atomic E-state index is 11.9. The number of nitrogens with two attached hydrogens (primary N) is 1. The van der Waals surface area contributed by atoms with Crippen molar-refractivity contribution in [3.63, 3.8) is 0 Å². The molecule has 1 amide bonds. The van der Waals surface area contributed by atoms with Crippen LogP contribution in [0.1, 0.15) is 11.3 Å². The SMILES string of the molecule is Cc1csc(SCC(=O)Nc2cccc(N)c2C)n1. The van der Waals surface area contributed by atoms with E-state index < -0.39 is 0 Å². The van der Waals surface area contributed by atoms with Gasteiger partial charge in [0.15, 0.2) is 4.34 Å². The number of thiazole rings is 1. The van der Waals surface area contributed by atoms with Crippen LogP contribution in [0.3, 0.4) is 0 Å². The van der Waals surface area contributed by atoms with Crippen molar-refractivity contribution >= 4 is 40.4 Å². The van der Waals surface area contributed by atoms with Gasteiger partial charge >= 0.3 is 0 Å². The Morgan fingerprint density at radius 2 is 2.26 bits per heavy atom. The molecule has 0 aliphatic carbocycles. The number of hydrogen-bond donors (Lipinski definition) is 2. The summed E-state index contributed by atoms with van der Waals surface area (Å²) < 4.78 is 0.914. The molecule has 0 saturated carbocycles. The summed E-state index contributed by atoms with van der Waals surface area (Å²) in [5.41, 5.74) is 9.13. The highest BCUT2D eigenvalue weighted by Crippen LogP contribution is 2.24. The Hall–Kier alpha value is -1.53. The van der Waals surface area contributed by atoms with E-state index in [0.717, 1.165) is 21.3 Å². The molecular weight excluding hydrogens is 278 g/mol. The molecule has 1 heterocycles. The summed E-state index contributed by atoms with van der Waals surface area (Å²) in [4.78, 5) is 16.2. The zero-order valence-corrected chi connectivity index (χ0v) is 12.4. The molecule has 1 aromatic heterocycles. The summed E-state index contributed by atoms with van der Waals surface area (Å²) in [5.74, 6) is 0.299. The lowest BCUT2D eigenvalue weighted by Crippen LogP contribution is -2.15. The van der Waals surface area contributed by atoms with Crippen LogP contribution in [0.4, 0.5) is 11.4 Å². The number of carbonyl (C=O) groups excluding carboxylic acids is 1. The molecule has 2 rings (SSSR count). The maximum Gasteiger partial charge on any atom is 0.234 e. The van der Waals surface area contributed by atoms with Crippen molar-refractivity contribution in [1.29, 1.82) is 0 Å². The van der Waals surface area contributed by atoms with Crippen molar-refractivity contribution in [2.75, 3.05) is 16.8 Å². The van der Waals surface area contributed by atoms with E-state index in [-0.39, 0.29) is 5.91 Å². The average molecular weight is 293 g/mol. The fourth-order valence-electron chi connectivity index (χ4n) is 1.50. The number of aromatic nitrogens is 1. The van der Waals surface area contributed by atoms with Gasteiger partial charge in [-0.25, -0.2) is 4.98 Å². The van der Waals surface area contributed by atoms with E-state index in [1.54, 1.807) is 11.3 Å². The van der Waals surface area contributed by atoms with Gasteiger partial charge in [-0.3, -0.25) is 4.79 Å². The lowest BCUT2D eigenvalue weighted by atomic mass is 10.1. The monoisotopic (exact) mass is 293 g/mol. The van der Waals surface area contributed by atoms with Crippen molar-refractivity contribution < 1.29 is 4.79 Å². The van der Waals surface area contributed by atoms with Gasteiger partial charge in [-0.2, -0.15) is 0 Å². The third kappa shape index (κ3) is 3.71. The van der Waals surface area contributed by atoms with Crippen LogP contribution in [0, 0.1) is 13.8 Å². The van der Waals surface area contributed by atoms with Crippen molar-refractivity contribution in [2.24, 2.45) is 0 Å². The van der Waals surface area contributed by atoms with Crippen molar-refractivity contribution in [2.45, 2.75) is 18.2 Å². The summed E-state index contributed by atoms with van der Waals surface area (Å²) in [6.07, 6.45) is 0. The number of rotatable bonds is 4. The standard InChI is InChI=1S/C13H15N3OS2/c1-8-6-18-13(15-8)19-7-12(17)16-11-5-3-4-10(14)9(11)2/h3-6H,7,14H2,1-2H3,(H,16,17). The molecule has 4 nitrogen and oxygen atoms in total. The van der Waals surface area contributed by atoms with E-state index in [1.807, 2.05) is 37.4 Å². The molecule has 6 heteroatoms. The Kier molecular flexibility index (Phi) is 4.44. The van der Waals surface area contributed by atoms with Crippen LogP contribution >= 0.6 is 23.1 Å². The number of anilines is 2. The topological polar surface area (TPSA) is 68.0 Å². The van der Waals surface area contributed by atoms with Gasteiger partial charge in [-0.15, -0.1) is 11.3 Å². The molecule has 0 aliphatic rings. The number of nitrogen functional groups attached to an aromatic ring is 1. The van der Waals surface area contributed by atoms with Crippen molar-refractivity contribution in [1.82, 2.24) is 4.98 Å². The first-order chi connectivity index (χ1) is 9.06. The Bertz CT molecular complexity index is 595. The first-order valence-electron chi connectivity index (χ1n) is 5.76. The molecule has 3 N–H and O–H groups in total. The Morgan fingerprint density at radius 3 is 2.95 bits per heavy atom. The highest BCUT2D eigenvalue weighted by molar-refractivity contribution is 8.01. The number of benzene rings is 1. The second-order valence-corrected chi connectivity index (χ2v) is 6.19. The van der Waals surface area contributed by atoms with Gasteiger partial charge in [-0.05, 0) is 31.5 Å². The van der Waals surface area contributed by atoms with Gasteiger partial charge < -0.3 is 11.1 Å². The largest absolute Gasteiger partial charge is 0.398 e. The molecule has 1 aromatic carbocycles. The lowest BCUT2D eigenvalue weighted by molar-refractivity contribution is -0.113. The fourth-order valence-corrected chi connectivity index (χ4v) is 3.15. The third-order valence-electron chi connectivity index (χ3n) is 2.57. The van der Waals surface area contributed by atoms with Crippen LogP contribution in [-0.4, -0.2) is 16.6 Å². The number of nitrogens with one attached hydrogen (secondary N) is 1. The minimum atomic E-state index is -0.0495. The van der Waals surface area contributed by atoms with E-state index in [2.05, 4.69) is 10.3 Å². The van der Waals surface area contributed by atoms with Gasteiger partial charge in [0.2, 0.25) is 5.91 Å². The Morgan fingerprint density at radius 1 is 1.47 bits per heavy atom. The van der Waals surface area contributed by atoms with Crippen LogP contribution < -0.4 is 11.1 Å². The number of nitrogens with zero attached hydrogens (tertiary/aromatic N) is 1. The van der Waals surface area contributed by atoms with Gasteiger partial charge in [0, 0.05) is 22.4 Å². The lowest BCUT2D eigenvalue weighted by Gasteiger charge is -2.09. The van der Waals surface area contributed by atoms with Gasteiger partial charge in [0.1, 0.15) is 0 Å².